The first-order chi connectivity index (χ1) is 5.77. The molecule has 0 saturated heterocycles. The van der Waals surface area contributed by atoms with Gasteiger partial charge < -0.3 is 15.7 Å². The summed E-state index contributed by atoms with van der Waals surface area (Å²) in [6, 6.07) is 5.98. The second-order valence-corrected chi connectivity index (χ2v) is 3.01. The Balaban J connectivity index is 2.26. The number of benzene rings is 1. The Bertz CT molecular complexity index is 297. The van der Waals surface area contributed by atoms with Gasteiger partial charge in [-0.25, -0.2) is 0 Å². The zero-order chi connectivity index (χ0) is 8.55. The number of hydrogen-bond donors (Lipinski definition) is 3. The number of nitrogens with one attached hydrogen (secondary N) is 2. The van der Waals surface area contributed by atoms with Crippen molar-refractivity contribution in [2.75, 3.05) is 10.6 Å². The third kappa shape index (κ3) is 1.12. The Morgan fingerprint density at radius 3 is 3.00 bits per heavy atom. The van der Waals surface area contributed by atoms with Gasteiger partial charge in [-0.15, -0.1) is 0 Å². The molecule has 1 aromatic rings. The lowest BCUT2D eigenvalue weighted by Crippen LogP contribution is -2.20. The maximum absolute atomic E-state index is 9.11. The van der Waals surface area contributed by atoms with Gasteiger partial charge in [0.15, 0.2) is 0 Å². The smallest absolute Gasteiger partial charge is 0.121 e. The summed E-state index contributed by atoms with van der Waals surface area (Å²) in [4.78, 5) is 0. The Hall–Kier alpha value is -1.22. The first kappa shape index (κ1) is 7.43. The number of aliphatic hydroxyl groups is 1. The quantitative estimate of drug-likeness (QED) is 0.578. The molecule has 0 aromatic heterocycles. The molecular formula is C9H12N2O. The summed E-state index contributed by atoms with van der Waals surface area (Å²) in [5, 5.41) is 15.3. The monoisotopic (exact) mass is 164 g/mol. The minimum absolute atomic E-state index is 0.489. The van der Waals surface area contributed by atoms with E-state index in [1.165, 1.54) is 11.3 Å². The number of hydrogen-bond acceptors (Lipinski definition) is 3. The van der Waals surface area contributed by atoms with Gasteiger partial charge >= 0.3 is 0 Å². The highest BCUT2D eigenvalue weighted by atomic mass is 16.3. The van der Waals surface area contributed by atoms with Crippen molar-refractivity contribution >= 4 is 11.4 Å². The molecule has 1 aromatic carbocycles. The molecule has 64 valence electrons. The van der Waals surface area contributed by atoms with E-state index in [0.29, 0.717) is 0 Å². The highest BCUT2D eigenvalue weighted by Gasteiger charge is 2.15. The van der Waals surface area contributed by atoms with Gasteiger partial charge in [0.25, 0.3) is 0 Å². The SMILES string of the molecule is CC(O)Nc1cccc2c1CN2. The predicted molar refractivity (Wildman–Crippen MR) is 49.1 cm³/mol. The van der Waals surface area contributed by atoms with Crippen LogP contribution in [0.5, 0.6) is 0 Å². The van der Waals surface area contributed by atoms with E-state index in [1.807, 2.05) is 18.2 Å². The molecule has 3 nitrogen and oxygen atoms in total. The van der Waals surface area contributed by atoms with E-state index in [4.69, 9.17) is 5.11 Å². The largest absolute Gasteiger partial charge is 0.380 e. The standard InChI is InChI=1S/C9H12N2O/c1-6(12)11-9-4-2-3-8-7(9)5-10-8/h2-4,6,10-12H,5H2,1H3. The van der Waals surface area contributed by atoms with Gasteiger partial charge in [0, 0.05) is 23.5 Å². The van der Waals surface area contributed by atoms with Crippen LogP contribution in [0, 0.1) is 0 Å². The molecule has 0 radical (unpaired) electrons. The normalized spacial score (nSPS) is 15.5. The van der Waals surface area contributed by atoms with Crippen molar-refractivity contribution in [3.05, 3.63) is 23.8 Å². The second kappa shape index (κ2) is 2.68. The highest BCUT2D eigenvalue weighted by molar-refractivity contribution is 5.71. The minimum atomic E-state index is -0.489. The Labute approximate surface area is 71.4 Å². The van der Waals surface area contributed by atoms with Gasteiger partial charge in [-0.1, -0.05) is 6.07 Å². The molecule has 0 bridgehead atoms. The molecule has 1 aliphatic heterocycles. The van der Waals surface area contributed by atoms with E-state index in [9.17, 15) is 0 Å². The third-order valence-corrected chi connectivity index (χ3v) is 2.00. The summed E-state index contributed by atoms with van der Waals surface area (Å²) >= 11 is 0. The number of rotatable bonds is 2. The van der Waals surface area contributed by atoms with Crippen LogP contribution in [0.2, 0.25) is 0 Å². The molecule has 2 rings (SSSR count). The Morgan fingerprint density at radius 2 is 2.42 bits per heavy atom. The van der Waals surface area contributed by atoms with E-state index in [-0.39, 0.29) is 0 Å². The molecule has 0 spiro atoms. The average molecular weight is 164 g/mol. The summed E-state index contributed by atoms with van der Waals surface area (Å²) in [7, 11) is 0. The number of anilines is 2. The fraction of sp³-hybridized carbons (Fsp3) is 0.333. The number of fused-ring (bicyclic) bond motifs is 1. The van der Waals surface area contributed by atoms with Gasteiger partial charge in [0.1, 0.15) is 6.23 Å². The molecule has 1 unspecified atom stereocenters. The van der Waals surface area contributed by atoms with Gasteiger partial charge in [-0.05, 0) is 19.1 Å². The van der Waals surface area contributed by atoms with Crippen molar-refractivity contribution in [2.24, 2.45) is 0 Å². The maximum atomic E-state index is 9.11. The van der Waals surface area contributed by atoms with Crippen LogP contribution in [0.25, 0.3) is 0 Å². The molecule has 0 saturated carbocycles. The molecule has 1 atom stereocenters. The zero-order valence-electron chi connectivity index (χ0n) is 6.96. The van der Waals surface area contributed by atoms with E-state index < -0.39 is 6.23 Å². The van der Waals surface area contributed by atoms with Crippen molar-refractivity contribution in [1.29, 1.82) is 0 Å². The van der Waals surface area contributed by atoms with Gasteiger partial charge in [-0.3, -0.25) is 0 Å². The lowest BCUT2D eigenvalue weighted by molar-refractivity contribution is 0.224. The van der Waals surface area contributed by atoms with E-state index >= 15 is 0 Å². The third-order valence-electron chi connectivity index (χ3n) is 2.00. The molecule has 1 aliphatic rings. The van der Waals surface area contributed by atoms with Gasteiger partial charge in [-0.2, -0.15) is 0 Å². The van der Waals surface area contributed by atoms with Crippen LogP contribution >= 0.6 is 0 Å². The van der Waals surface area contributed by atoms with Crippen LogP contribution in [0.3, 0.4) is 0 Å². The summed E-state index contributed by atoms with van der Waals surface area (Å²) in [6.07, 6.45) is -0.489. The van der Waals surface area contributed by atoms with Gasteiger partial charge in [0.05, 0.1) is 0 Å². The topological polar surface area (TPSA) is 44.3 Å². The number of aliphatic hydroxyl groups excluding tert-OH is 1. The van der Waals surface area contributed by atoms with Crippen molar-refractivity contribution in [3.8, 4) is 0 Å². The molecule has 1 heterocycles. The zero-order valence-corrected chi connectivity index (χ0v) is 6.96. The maximum Gasteiger partial charge on any atom is 0.121 e. The lowest BCUT2D eigenvalue weighted by atomic mass is 10.0. The molecule has 0 fully saturated rings. The molecule has 12 heavy (non-hydrogen) atoms. The molecule has 3 N–H and O–H groups in total. The average Bonchev–Trinajstić information content (AvgIpc) is 1.91. The van der Waals surface area contributed by atoms with Gasteiger partial charge in [0.2, 0.25) is 0 Å². The lowest BCUT2D eigenvalue weighted by Gasteiger charge is -2.25. The van der Waals surface area contributed by atoms with Crippen molar-refractivity contribution in [2.45, 2.75) is 19.7 Å². The molecule has 0 aliphatic carbocycles. The highest BCUT2D eigenvalue weighted by Crippen LogP contribution is 2.32. The van der Waals surface area contributed by atoms with Crippen LogP contribution in [-0.2, 0) is 6.54 Å². The predicted octanol–water partition coefficient (Wildman–Crippen LogP) is 1.36. The second-order valence-electron chi connectivity index (χ2n) is 3.01. The fourth-order valence-electron chi connectivity index (χ4n) is 1.38. The van der Waals surface area contributed by atoms with E-state index in [1.54, 1.807) is 6.92 Å². The van der Waals surface area contributed by atoms with E-state index in [2.05, 4.69) is 10.6 Å². The Morgan fingerprint density at radius 1 is 1.58 bits per heavy atom. The molecule has 0 amide bonds. The first-order valence-electron chi connectivity index (χ1n) is 4.08. The summed E-state index contributed by atoms with van der Waals surface area (Å²) in [6.45, 7) is 2.61. The van der Waals surface area contributed by atoms with Crippen molar-refractivity contribution in [3.63, 3.8) is 0 Å². The summed E-state index contributed by atoms with van der Waals surface area (Å²) in [5.41, 5.74) is 3.46. The first-order valence-corrected chi connectivity index (χ1v) is 4.08. The molecular weight excluding hydrogens is 152 g/mol. The van der Waals surface area contributed by atoms with Crippen molar-refractivity contribution < 1.29 is 5.11 Å². The van der Waals surface area contributed by atoms with Crippen molar-refractivity contribution in [1.82, 2.24) is 0 Å². The summed E-state index contributed by atoms with van der Waals surface area (Å²) in [5.74, 6) is 0. The fourth-order valence-corrected chi connectivity index (χ4v) is 1.38. The van der Waals surface area contributed by atoms with Crippen LogP contribution in [0.15, 0.2) is 18.2 Å². The van der Waals surface area contributed by atoms with Crippen LogP contribution in [0.1, 0.15) is 12.5 Å². The van der Waals surface area contributed by atoms with Crippen LogP contribution in [0.4, 0.5) is 11.4 Å². The molecule has 3 heteroatoms. The van der Waals surface area contributed by atoms with Crippen LogP contribution < -0.4 is 10.6 Å². The Kier molecular flexibility index (Phi) is 1.66. The summed E-state index contributed by atoms with van der Waals surface area (Å²) < 4.78 is 0. The van der Waals surface area contributed by atoms with Crippen LogP contribution in [-0.4, -0.2) is 11.3 Å². The minimum Gasteiger partial charge on any atom is -0.380 e. The van der Waals surface area contributed by atoms with E-state index in [0.717, 1.165) is 12.2 Å².